The van der Waals surface area contributed by atoms with Gasteiger partial charge in [-0.15, -0.1) is 0 Å². The summed E-state index contributed by atoms with van der Waals surface area (Å²) in [6.45, 7) is 1.81. The Morgan fingerprint density at radius 2 is 2.20 bits per heavy atom. The third-order valence-electron chi connectivity index (χ3n) is 3.12. The zero-order valence-electron chi connectivity index (χ0n) is 11.1. The summed E-state index contributed by atoms with van der Waals surface area (Å²) >= 11 is 0. The lowest BCUT2D eigenvalue weighted by atomic mass is 10.1. The number of carbonyl (C=O) groups excluding carboxylic acids is 2. The Bertz CT molecular complexity index is 484. The van der Waals surface area contributed by atoms with Gasteiger partial charge in [-0.25, -0.2) is 9.59 Å². The van der Waals surface area contributed by atoms with Crippen LogP contribution in [0.5, 0.6) is 0 Å². The van der Waals surface area contributed by atoms with E-state index in [-0.39, 0.29) is 30.1 Å². The third-order valence-corrected chi connectivity index (χ3v) is 3.12. The number of methoxy groups -OCH3 is 1. The van der Waals surface area contributed by atoms with E-state index < -0.39 is 24.6 Å². The van der Waals surface area contributed by atoms with E-state index in [9.17, 15) is 19.5 Å². The first-order valence-corrected chi connectivity index (χ1v) is 6.18. The number of rotatable bonds is 4. The summed E-state index contributed by atoms with van der Waals surface area (Å²) in [6, 6.07) is 0. The Morgan fingerprint density at radius 3 is 2.70 bits per heavy atom. The van der Waals surface area contributed by atoms with Crippen molar-refractivity contribution >= 4 is 18.0 Å². The fraction of sp³-hybridized carbons (Fsp3) is 0.583. The van der Waals surface area contributed by atoms with Crippen LogP contribution in [0, 0.1) is 0 Å². The van der Waals surface area contributed by atoms with Crippen LogP contribution in [0.15, 0.2) is 11.3 Å². The van der Waals surface area contributed by atoms with Crippen LogP contribution in [0.2, 0.25) is 0 Å². The second-order valence-corrected chi connectivity index (χ2v) is 4.40. The Balaban J connectivity index is 2.34. The van der Waals surface area contributed by atoms with Crippen LogP contribution < -0.4 is 0 Å². The smallest absolute Gasteiger partial charge is 0.478 e. The first-order valence-electron chi connectivity index (χ1n) is 6.18. The van der Waals surface area contributed by atoms with Gasteiger partial charge in [0.1, 0.15) is 0 Å². The number of carbonyl (C=O) groups is 3. The second-order valence-electron chi connectivity index (χ2n) is 4.40. The minimum absolute atomic E-state index is 0.000556. The normalized spacial score (nSPS) is 26.3. The summed E-state index contributed by atoms with van der Waals surface area (Å²) in [5.74, 6) is -1.42. The number of ether oxygens (including phenoxy) is 3. The molecule has 2 atom stereocenters. The van der Waals surface area contributed by atoms with Crippen molar-refractivity contribution in [1.82, 2.24) is 4.90 Å². The lowest BCUT2D eigenvalue weighted by Crippen LogP contribution is -2.53. The van der Waals surface area contributed by atoms with Crippen molar-refractivity contribution in [2.45, 2.75) is 38.6 Å². The molecule has 2 rings (SSSR count). The van der Waals surface area contributed by atoms with Crippen molar-refractivity contribution < 1.29 is 33.7 Å². The lowest BCUT2D eigenvalue weighted by molar-refractivity contribution is -0.164. The van der Waals surface area contributed by atoms with E-state index in [0.717, 1.165) is 7.11 Å². The first-order chi connectivity index (χ1) is 9.49. The maximum atomic E-state index is 11.5. The van der Waals surface area contributed by atoms with Crippen LogP contribution in [0.25, 0.3) is 0 Å². The average molecular weight is 285 g/mol. The van der Waals surface area contributed by atoms with Crippen LogP contribution in [0.1, 0.15) is 26.2 Å². The van der Waals surface area contributed by atoms with Gasteiger partial charge >= 0.3 is 12.1 Å². The summed E-state index contributed by atoms with van der Waals surface area (Å²) in [6.07, 6.45) is -1.76. The molecule has 1 N–H and O–H groups in total. The average Bonchev–Trinajstić information content (AvgIpc) is 2.67. The van der Waals surface area contributed by atoms with E-state index in [2.05, 4.69) is 4.74 Å². The molecular formula is C12H15NO7. The summed E-state index contributed by atoms with van der Waals surface area (Å²) in [4.78, 5) is 35.2. The molecule has 1 amide bonds. The lowest BCUT2D eigenvalue weighted by Gasteiger charge is -2.33. The molecule has 2 heterocycles. The Kier molecular flexibility index (Phi) is 3.82. The largest absolute Gasteiger partial charge is 0.510 e. The molecule has 0 aliphatic carbocycles. The van der Waals surface area contributed by atoms with Gasteiger partial charge in [-0.2, -0.15) is 0 Å². The van der Waals surface area contributed by atoms with Crippen LogP contribution in [0.4, 0.5) is 4.79 Å². The molecule has 0 bridgehead atoms. The number of nitrogens with zero attached hydrogens (tertiary/aromatic N) is 1. The van der Waals surface area contributed by atoms with Gasteiger partial charge in [-0.05, 0) is 6.42 Å². The summed E-state index contributed by atoms with van der Waals surface area (Å²) in [5, 5.41) is 9.22. The molecule has 110 valence electrons. The minimum Gasteiger partial charge on any atom is -0.478 e. The van der Waals surface area contributed by atoms with Gasteiger partial charge in [0.15, 0.2) is 12.0 Å². The van der Waals surface area contributed by atoms with Gasteiger partial charge in [-0.1, -0.05) is 13.3 Å². The van der Waals surface area contributed by atoms with Crippen molar-refractivity contribution in [2.24, 2.45) is 0 Å². The number of carboxylic acids is 1. The Hall–Kier alpha value is -2.25. The maximum Gasteiger partial charge on any atom is 0.510 e. The highest BCUT2D eigenvalue weighted by molar-refractivity contribution is 5.89. The van der Waals surface area contributed by atoms with Gasteiger partial charge < -0.3 is 19.3 Å². The summed E-state index contributed by atoms with van der Waals surface area (Å²) in [5.41, 5.74) is 0.00334. The van der Waals surface area contributed by atoms with E-state index in [1.54, 1.807) is 0 Å². The van der Waals surface area contributed by atoms with E-state index in [4.69, 9.17) is 9.47 Å². The van der Waals surface area contributed by atoms with Crippen LogP contribution in [-0.2, 0) is 23.8 Å². The highest BCUT2D eigenvalue weighted by atomic mass is 16.7. The van der Waals surface area contributed by atoms with E-state index >= 15 is 0 Å². The van der Waals surface area contributed by atoms with Crippen molar-refractivity contribution in [2.75, 3.05) is 7.11 Å². The molecule has 0 radical (unpaired) electrons. The van der Waals surface area contributed by atoms with Gasteiger partial charge in [0.2, 0.25) is 12.1 Å². The number of β-lactam (4-membered cyclic amide) rings is 1. The number of hydrogen-bond donors (Lipinski definition) is 1. The topological polar surface area (TPSA) is 102 Å². The van der Waals surface area contributed by atoms with E-state index in [0.29, 0.717) is 6.42 Å². The number of aliphatic carboxylic acids is 1. The number of amides is 1. The monoisotopic (exact) mass is 285 g/mol. The van der Waals surface area contributed by atoms with Gasteiger partial charge in [-0.3, -0.25) is 9.69 Å². The number of hydrogen-bond acceptors (Lipinski definition) is 6. The molecule has 2 saturated heterocycles. The highest BCUT2D eigenvalue weighted by Gasteiger charge is 2.54. The number of fused-ring (bicyclic) bond motifs is 1. The van der Waals surface area contributed by atoms with Gasteiger partial charge in [0.05, 0.1) is 19.1 Å². The second kappa shape index (κ2) is 5.40. The predicted molar refractivity (Wildman–Crippen MR) is 63.2 cm³/mol. The molecule has 2 aliphatic rings. The fourth-order valence-corrected chi connectivity index (χ4v) is 2.17. The molecule has 0 aromatic heterocycles. The number of carboxylic acid groups (broad SMARTS) is 1. The predicted octanol–water partition coefficient (Wildman–Crippen LogP) is 0.823. The molecule has 0 spiro atoms. The quantitative estimate of drug-likeness (QED) is 0.463. The van der Waals surface area contributed by atoms with Crippen molar-refractivity contribution in [3.05, 3.63) is 11.3 Å². The standard InChI is InChI=1S/C12H15NO7/c1-3-4-6(11(15)16)9-10(20-12(17)18-2)13-7(14)5-8(13)19-9/h8,10H,3-5H2,1-2H3,(H,15,16)/t8-,10?/m1/s1. The molecular weight excluding hydrogens is 270 g/mol. The molecule has 20 heavy (non-hydrogen) atoms. The Labute approximate surface area is 114 Å². The SMILES string of the molecule is CCCC(C(=O)O)=C1O[C@@H]2CC(=O)N2C1OC(=O)OC. The molecule has 0 saturated carbocycles. The van der Waals surface area contributed by atoms with Gasteiger partial charge in [0.25, 0.3) is 0 Å². The van der Waals surface area contributed by atoms with Crippen LogP contribution >= 0.6 is 0 Å². The minimum atomic E-state index is -1.16. The zero-order chi connectivity index (χ0) is 14.9. The van der Waals surface area contributed by atoms with Gasteiger partial charge in [0, 0.05) is 0 Å². The highest BCUT2D eigenvalue weighted by Crippen LogP contribution is 2.39. The van der Waals surface area contributed by atoms with Crippen LogP contribution in [0.3, 0.4) is 0 Å². The van der Waals surface area contributed by atoms with E-state index in [1.807, 2.05) is 6.92 Å². The molecule has 2 aliphatic heterocycles. The fourth-order valence-electron chi connectivity index (χ4n) is 2.17. The first kappa shape index (κ1) is 14.2. The maximum absolute atomic E-state index is 11.5. The summed E-state index contributed by atoms with van der Waals surface area (Å²) < 4.78 is 14.8. The molecule has 0 aromatic rings. The molecule has 0 aromatic carbocycles. The summed E-state index contributed by atoms with van der Waals surface area (Å²) in [7, 11) is 1.13. The molecule has 8 heteroatoms. The van der Waals surface area contributed by atoms with Crippen molar-refractivity contribution in [1.29, 1.82) is 0 Å². The van der Waals surface area contributed by atoms with Crippen molar-refractivity contribution in [3.8, 4) is 0 Å². The van der Waals surface area contributed by atoms with Crippen molar-refractivity contribution in [3.63, 3.8) is 0 Å². The molecule has 2 fully saturated rings. The van der Waals surface area contributed by atoms with Crippen LogP contribution in [-0.4, -0.2) is 47.6 Å². The molecule has 8 nitrogen and oxygen atoms in total. The van der Waals surface area contributed by atoms with E-state index in [1.165, 1.54) is 4.90 Å². The Morgan fingerprint density at radius 1 is 1.50 bits per heavy atom. The third kappa shape index (κ3) is 2.28. The zero-order valence-corrected chi connectivity index (χ0v) is 11.1. The molecule has 1 unspecified atom stereocenters.